The lowest BCUT2D eigenvalue weighted by atomic mass is 10.2. The number of nitrogens with two attached hydrogens (primary N) is 2. The van der Waals surface area contributed by atoms with E-state index in [9.17, 15) is 4.39 Å². The van der Waals surface area contributed by atoms with E-state index in [1.807, 2.05) is 18.0 Å². The first-order valence-corrected chi connectivity index (χ1v) is 5.12. The fourth-order valence-electron chi connectivity index (χ4n) is 1.40. The molecule has 1 aromatic rings. The molecule has 1 aromatic carbocycles. The summed E-state index contributed by atoms with van der Waals surface area (Å²) in [4.78, 5) is 5.71. The maximum atomic E-state index is 13.4. The summed E-state index contributed by atoms with van der Waals surface area (Å²) >= 11 is 0. The minimum absolute atomic E-state index is 0. The molecule has 0 fully saturated rings. The van der Waals surface area contributed by atoms with Gasteiger partial charge in [0, 0.05) is 20.1 Å². The van der Waals surface area contributed by atoms with Crippen LogP contribution in [0.5, 0.6) is 0 Å². The smallest absolute Gasteiger partial charge is 0.185 e. The second kappa shape index (κ2) is 8.10. The van der Waals surface area contributed by atoms with Crippen molar-refractivity contribution in [3.05, 3.63) is 30.1 Å². The summed E-state index contributed by atoms with van der Waals surface area (Å²) < 4.78 is 13.4. The van der Waals surface area contributed by atoms with Gasteiger partial charge in [0.15, 0.2) is 5.96 Å². The van der Waals surface area contributed by atoms with E-state index >= 15 is 0 Å². The van der Waals surface area contributed by atoms with Gasteiger partial charge in [0.25, 0.3) is 0 Å². The third-order valence-corrected chi connectivity index (χ3v) is 2.21. The zero-order valence-electron chi connectivity index (χ0n) is 9.77. The summed E-state index contributed by atoms with van der Waals surface area (Å²) in [6, 6.07) is 6.68. The van der Waals surface area contributed by atoms with Gasteiger partial charge in [-0.15, -0.1) is 24.0 Å². The molecule has 0 saturated carbocycles. The van der Waals surface area contributed by atoms with Crippen molar-refractivity contribution in [1.82, 2.24) is 0 Å². The molecule has 0 spiro atoms. The minimum Gasteiger partial charge on any atom is -0.372 e. The van der Waals surface area contributed by atoms with E-state index in [1.165, 1.54) is 6.07 Å². The molecule has 0 aromatic heterocycles. The monoisotopic (exact) mass is 352 g/mol. The third kappa shape index (κ3) is 5.71. The Kier molecular flexibility index (Phi) is 7.60. The SMILES string of the molecule is CN(CCCN=C(N)N)c1ccccc1F.I. The van der Waals surface area contributed by atoms with Gasteiger partial charge >= 0.3 is 0 Å². The molecule has 4 nitrogen and oxygen atoms in total. The highest BCUT2D eigenvalue weighted by molar-refractivity contribution is 14.0. The lowest BCUT2D eigenvalue weighted by Crippen LogP contribution is -2.24. The molecule has 0 aliphatic rings. The molecular formula is C11H18FIN4. The van der Waals surface area contributed by atoms with E-state index in [4.69, 9.17) is 11.5 Å². The van der Waals surface area contributed by atoms with Crippen LogP contribution < -0.4 is 16.4 Å². The van der Waals surface area contributed by atoms with Crippen LogP contribution in [0.2, 0.25) is 0 Å². The summed E-state index contributed by atoms with van der Waals surface area (Å²) in [7, 11) is 1.84. The van der Waals surface area contributed by atoms with Crippen LogP contribution in [-0.4, -0.2) is 26.1 Å². The molecule has 0 aliphatic carbocycles. The molecule has 0 bridgehead atoms. The average molecular weight is 352 g/mol. The van der Waals surface area contributed by atoms with Gasteiger partial charge in [-0.25, -0.2) is 4.39 Å². The summed E-state index contributed by atoms with van der Waals surface area (Å²) in [6.07, 6.45) is 0.780. The number of benzene rings is 1. The van der Waals surface area contributed by atoms with Gasteiger partial charge < -0.3 is 16.4 Å². The van der Waals surface area contributed by atoms with Gasteiger partial charge in [0.05, 0.1) is 5.69 Å². The Labute approximate surface area is 118 Å². The predicted molar refractivity (Wildman–Crippen MR) is 80.4 cm³/mol. The highest BCUT2D eigenvalue weighted by atomic mass is 127. The van der Waals surface area contributed by atoms with Gasteiger partial charge in [-0.05, 0) is 18.6 Å². The molecule has 96 valence electrons. The van der Waals surface area contributed by atoms with Crippen LogP contribution in [0.15, 0.2) is 29.3 Å². The Morgan fingerprint density at radius 3 is 2.59 bits per heavy atom. The topological polar surface area (TPSA) is 67.6 Å². The Morgan fingerprint density at radius 2 is 2.00 bits per heavy atom. The Hall–Kier alpha value is -1.05. The zero-order valence-corrected chi connectivity index (χ0v) is 12.1. The molecule has 6 heteroatoms. The second-order valence-electron chi connectivity index (χ2n) is 3.53. The molecule has 0 radical (unpaired) electrons. The molecular weight excluding hydrogens is 334 g/mol. The number of para-hydroxylation sites is 1. The molecule has 0 heterocycles. The number of hydrogen-bond acceptors (Lipinski definition) is 2. The Bertz CT molecular complexity index is 366. The molecule has 4 N–H and O–H groups in total. The average Bonchev–Trinajstić information content (AvgIpc) is 2.24. The maximum Gasteiger partial charge on any atom is 0.185 e. The van der Waals surface area contributed by atoms with Gasteiger partial charge in [-0.1, -0.05) is 12.1 Å². The summed E-state index contributed by atoms with van der Waals surface area (Å²) in [5.74, 6) is -0.125. The lowest BCUT2D eigenvalue weighted by Gasteiger charge is -2.19. The predicted octanol–water partition coefficient (Wildman–Crippen LogP) is 1.54. The fraction of sp³-hybridized carbons (Fsp3) is 0.364. The van der Waals surface area contributed by atoms with Crippen LogP contribution in [0.3, 0.4) is 0 Å². The van der Waals surface area contributed by atoms with Crippen molar-refractivity contribution in [3.63, 3.8) is 0 Å². The van der Waals surface area contributed by atoms with Crippen LogP contribution in [0.1, 0.15) is 6.42 Å². The van der Waals surface area contributed by atoms with Crippen molar-refractivity contribution < 1.29 is 4.39 Å². The van der Waals surface area contributed by atoms with Crippen LogP contribution in [-0.2, 0) is 0 Å². The number of rotatable bonds is 5. The van der Waals surface area contributed by atoms with E-state index in [0.717, 1.165) is 6.42 Å². The van der Waals surface area contributed by atoms with Crippen molar-refractivity contribution in [1.29, 1.82) is 0 Å². The molecule has 0 unspecified atom stereocenters. The first-order chi connectivity index (χ1) is 7.61. The molecule has 0 atom stereocenters. The first kappa shape index (κ1) is 16.0. The van der Waals surface area contributed by atoms with E-state index in [-0.39, 0.29) is 35.8 Å². The largest absolute Gasteiger partial charge is 0.372 e. The maximum absolute atomic E-state index is 13.4. The number of guanidine groups is 1. The van der Waals surface area contributed by atoms with Crippen molar-refractivity contribution in [2.45, 2.75) is 6.42 Å². The number of anilines is 1. The van der Waals surface area contributed by atoms with Gasteiger partial charge in [0.1, 0.15) is 5.82 Å². The number of nitrogens with zero attached hydrogens (tertiary/aromatic N) is 2. The standard InChI is InChI=1S/C11H17FN4.HI/c1-16(8-4-7-15-11(13)14)10-6-3-2-5-9(10)12;/h2-3,5-6H,4,7-8H2,1H3,(H4,13,14,15);1H. The summed E-state index contributed by atoms with van der Waals surface area (Å²) in [6.45, 7) is 1.26. The van der Waals surface area contributed by atoms with Gasteiger partial charge in [0.2, 0.25) is 0 Å². The molecule has 0 saturated heterocycles. The number of aliphatic imine (C=N–C) groups is 1. The molecule has 0 aliphatic heterocycles. The lowest BCUT2D eigenvalue weighted by molar-refractivity contribution is 0.620. The summed E-state index contributed by atoms with van der Waals surface area (Å²) in [5, 5.41) is 0. The zero-order chi connectivity index (χ0) is 12.0. The molecule has 17 heavy (non-hydrogen) atoms. The highest BCUT2D eigenvalue weighted by Crippen LogP contribution is 2.16. The van der Waals surface area contributed by atoms with Crippen molar-refractivity contribution in [2.75, 3.05) is 25.0 Å². The minimum atomic E-state index is -0.216. The number of hydrogen-bond donors (Lipinski definition) is 2. The molecule has 0 amide bonds. The Morgan fingerprint density at radius 1 is 1.35 bits per heavy atom. The molecule has 1 rings (SSSR count). The van der Waals surface area contributed by atoms with Crippen LogP contribution in [0, 0.1) is 5.82 Å². The van der Waals surface area contributed by atoms with E-state index < -0.39 is 0 Å². The van der Waals surface area contributed by atoms with Crippen molar-refractivity contribution in [3.8, 4) is 0 Å². The second-order valence-corrected chi connectivity index (χ2v) is 3.53. The van der Waals surface area contributed by atoms with Crippen molar-refractivity contribution in [2.24, 2.45) is 16.5 Å². The van der Waals surface area contributed by atoms with Crippen LogP contribution in [0.25, 0.3) is 0 Å². The van der Waals surface area contributed by atoms with E-state index in [2.05, 4.69) is 4.99 Å². The van der Waals surface area contributed by atoms with Crippen LogP contribution >= 0.6 is 24.0 Å². The quantitative estimate of drug-likeness (QED) is 0.366. The Balaban J connectivity index is 0.00000256. The third-order valence-electron chi connectivity index (χ3n) is 2.21. The van der Waals surface area contributed by atoms with E-state index in [0.29, 0.717) is 18.8 Å². The first-order valence-electron chi connectivity index (χ1n) is 5.12. The van der Waals surface area contributed by atoms with Gasteiger partial charge in [-0.2, -0.15) is 0 Å². The van der Waals surface area contributed by atoms with Gasteiger partial charge in [-0.3, -0.25) is 4.99 Å². The van der Waals surface area contributed by atoms with Crippen molar-refractivity contribution >= 4 is 35.6 Å². The fourth-order valence-corrected chi connectivity index (χ4v) is 1.40. The highest BCUT2D eigenvalue weighted by Gasteiger charge is 2.05. The van der Waals surface area contributed by atoms with E-state index in [1.54, 1.807) is 12.1 Å². The number of halogens is 2. The normalized spacial score (nSPS) is 9.29. The summed E-state index contributed by atoms with van der Waals surface area (Å²) in [5.41, 5.74) is 11.0. The van der Waals surface area contributed by atoms with Crippen LogP contribution in [0.4, 0.5) is 10.1 Å².